The fourth-order valence-corrected chi connectivity index (χ4v) is 2.66. The Morgan fingerprint density at radius 3 is 2.45 bits per heavy atom. The van der Waals surface area contributed by atoms with Gasteiger partial charge in [0.25, 0.3) is 5.24 Å². The van der Waals surface area contributed by atoms with E-state index in [2.05, 4.69) is 29.2 Å². The van der Waals surface area contributed by atoms with E-state index < -0.39 is 0 Å². The molecule has 3 rings (SSSR count). The van der Waals surface area contributed by atoms with Gasteiger partial charge in [-0.15, -0.1) is 12.4 Å². The first-order valence-corrected chi connectivity index (χ1v) is 6.68. The summed E-state index contributed by atoms with van der Waals surface area (Å²) in [5.74, 6) is 0. The third kappa shape index (κ3) is 3.21. The minimum atomic E-state index is -0.385. The number of rotatable bonds is 3. The molecule has 4 heteroatoms. The highest BCUT2D eigenvalue weighted by Crippen LogP contribution is 2.25. The van der Waals surface area contributed by atoms with E-state index in [1.54, 1.807) is 6.07 Å². The van der Waals surface area contributed by atoms with Crippen LogP contribution in [0.1, 0.15) is 27.0 Å². The lowest BCUT2D eigenvalue weighted by Gasteiger charge is -2.14. The van der Waals surface area contributed by atoms with Crippen molar-refractivity contribution in [2.75, 3.05) is 0 Å². The van der Waals surface area contributed by atoms with Crippen molar-refractivity contribution in [3.05, 3.63) is 70.8 Å². The summed E-state index contributed by atoms with van der Waals surface area (Å²) in [4.78, 5) is 13.5. The monoisotopic (exact) mass is 307 g/mol. The van der Waals surface area contributed by atoms with Crippen LogP contribution in [0.5, 0.6) is 0 Å². The van der Waals surface area contributed by atoms with Crippen LogP contribution >= 0.6 is 24.0 Å². The van der Waals surface area contributed by atoms with Gasteiger partial charge in [0.1, 0.15) is 0 Å². The average molecular weight is 308 g/mol. The predicted octanol–water partition coefficient (Wildman–Crippen LogP) is 4.00. The molecule has 0 N–H and O–H groups in total. The first kappa shape index (κ1) is 15.0. The van der Waals surface area contributed by atoms with Crippen molar-refractivity contribution in [1.29, 1.82) is 0 Å². The predicted molar refractivity (Wildman–Crippen MR) is 83.3 cm³/mol. The van der Waals surface area contributed by atoms with Crippen LogP contribution in [0, 0.1) is 0 Å². The van der Waals surface area contributed by atoms with E-state index in [4.69, 9.17) is 11.6 Å². The Labute approximate surface area is 129 Å². The van der Waals surface area contributed by atoms with E-state index in [1.165, 1.54) is 16.7 Å². The van der Waals surface area contributed by atoms with Crippen molar-refractivity contribution in [3.8, 4) is 0 Å². The molecule has 2 aromatic carbocycles. The van der Waals surface area contributed by atoms with Crippen molar-refractivity contribution >= 4 is 29.3 Å². The van der Waals surface area contributed by atoms with Gasteiger partial charge in [-0.3, -0.25) is 9.69 Å². The maximum atomic E-state index is 11.2. The second-order valence-corrected chi connectivity index (χ2v) is 5.23. The van der Waals surface area contributed by atoms with Gasteiger partial charge in [-0.1, -0.05) is 36.4 Å². The highest BCUT2D eigenvalue weighted by atomic mass is 35.5. The first-order chi connectivity index (χ1) is 9.22. The fraction of sp³-hybridized carbons (Fsp3) is 0.188. The van der Waals surface area contributed by atoms with Crippen molar-refractivity contribution < 1.29 is 4.79 Å². The molecule has 1 aliphatic heterocycles. The number of hydrogen-bond acceptors (Lipinski definition) is 2. The quantitative estimate of drug-likeness (QED) is 0.799. The van der Waals surface area contributed by atoms with Gasteiger partial charge in [0.15, 0.2) is 0 Å². The molecular formula is C16H15Cl2NO. The number of benzene rings is 2. The van der Waals surface area contributed by atoms with Crippen molar-refractivity contribution in [1.82, 2.24) is 4.90 Å². The van der Waals surface area contributed by atoms with Crippen molar-refractivity contribution in [3.63, 3.8) is 0 Å². The molecule has 0 bridgehead atoms. The van der Waals surface area contributed by atoms with Crippen LogP contribution in [0.4, 0.5) is 0 Å². The van der Waals surface area contributed by atoms with Gasteiger partial charge in [0, 0.05) is 25.2 Å². The molecule has 0 saturated heterocycles. The maximum absolute atomic E-state index is 11.2. The summed E-state index contributed by atoms with van der Waals surface area (Å²) in [6.07, 6.45) is 0. The Balaban J connectivity index is 0.00000147. The van der Waals surface area contributed by atoms with Crippen LogP contribution in [0.3, 0.4) is 0 Å². The molecule has 0 fully saturated rings. The normalized spacial score (nSPS) is 13.7. The van der Waals surface area contributed by atoms with Crippen LogP contribution in [0.25, 0.3) is 0 Å². The van der Waals surface area contributed by atoms with E-state index in [0.717, 1.165) is 19.6 Å². The molecule has 0 spiro atoms. The molecule has 1 aliphatic rings. The number of halogens is 2. The zero-order valence-electron chi connectivity index (χ0n) is 10.9. The van der Waals surface area contributed by atoms with Gasteiger partial charge >= 0.3 is 0 Å². The van der Waals surface area contributed by atoms with E-state index in [-0.39, 0.29) is 17.6 Å². The second kappa shape index (κ2) is 6.40. The standard InChI is InChI=1S/C16H14ClNO.ClH/c17-16(19)13-6-7-14-10-18(11-15(14)8-13)9-12-4-2-1-3-5-12;/h1-8H,9-11H2;1H. The molecular weight excluding hydrogens is 293 g/mol. The summed E-state index contributed by atoms with van der Waals surface area (Å²) in [7, 11) is 0. The van der Waals surface area contributed by atoms with Crippen LogP contribution in [-0.2, 0) is 19.6 Å². The minimum absolute atomic E-state index is 0. The topological polar surface area (TPSA) is 20.3 Å². The zero-order valence-corrected chi connectivity index (χ0v) is 12.5. The Hall–Kier alpha value is -1.35. The second-order valence-electron chi connectivity index (χ2n) is 4.89. The fourth-order valence-electron chi connectivity index (χ4n) is 2.54. The summed E-state index contributed by atoms with van der Waals surface area (Å²) < 4.78 is 0. The van der Waals surface area contributed by atoms with Crippen molar-refractivity contribution in [2.45, 2.75) is 19.6 Å². The van der Waals surface area contributed by atoms with Gasteiger partial charge in [-0.25, -0.2) is 0 Å². The summed E-state index contributed by atoms with van der Waals surface area (Å²) in [6.45, 7) is 2.74. The Kier molecular flexibility index (Phi) is 4.81. The molecule has 0 aromatic heterocycles. The molecule has 0 unspecified atom stereocenters. The van der Waals surface area contributed by atoms with Gasteiger partial charge in [0.05, 0.1) is 0 Å². The van der Waals surface area contributed by atoms with Crippen LogP contribution in [0.2, 0.25) is 0 Å². The van der Waals surface area contributed by atoms with E-state index in [0.29, 0.717) is 5.56 Å². The summed E-state index contributed by atoms with van der Waals surface area (Å²) in [6, 6.07) is 16.1. The summed E-state index contributed by atoms with van der Waals surface area (Å²) >= 11 is 5.52. The number of hydrogen-bond donors (Lipinski definition) is 0. The molecule has 1 heterocycles. The molecule has 2 aromatic rings. The molecule has 0 atom stereocenters. The van der Waals surface area contributed by atoms with Gasteiger partial charge in [0.2, 0.25) is 0 Å². The number of nitrogens with zero attached hydrogens (tertiary/aromatic N) is 1. The number of carbonyl (C=O) groups excluding carboxylic acids is 1. The lowest BCUT2D eigenvalue weighted by molar-refractivity contribution is 0.108. The first-order valence-electron chi connectivity index (χ1n) is 6.30. The van der Waals surface area contributed by atoms with Crippen LogP contribution in [0.15, 0.2) is 48.5 Å². The smallest absolute Gasteiger partial charge is 0.252 e. The largest absolute Gasteiger partial charge is 0.291 e. The molecule has 0 saturated carbocycles. The Bertz CT molecular complexity index is 613. The lowest BCUT2D eigenvalue weighted by Crippen LogP contribution is -2.15. The number of carbonyl (C=O) groups is 1. The molecule has 0 amide bonds. The SMILES string of the molecule is Cl.O=C(Cl)c1ccc2c(c1)CN(Cc1ccccc1)C2. The summed E-state index contributed by atoms with van der Waals surface area (Å²) in [5.41, 5.74) is 4.39. The third-order valence-electron chi connectivity index (χ3n) is 3.47. The average Bonchev–Trinajstić information content (AvgIpc) is 2.80. The molecule has 2 nitrogen and oxygen atoms in total. The minimum Gasteiger partial charge on any atom is -0.291 e. The molecule has 0 radical (unpaired) electrons. The summed E-state index contributed by atoms with van der Waals surface area (Å²) in [5, 5.41) is -0.385. The van der Waals surface area contributed by atoms with Gasteiger partial charge in [-0.2, -0.15) is 0 Å². The van der Waals surface area contributed by atoms with Crippen molar-refractivity contribution in [2.24, 2.45) is 0 Å². The number of fused-ring (bicyclic) bond motifs is 1. The van der Waals surface area contributed by atoms with Crippen LogP contribution < -0.4 is 0 Å². The Morgan fingerprint density at radius 1 is 1.05 bits per heavy atom. The zero-order chi connectivity index (χ0) is 13.2. The molecule has 20 heavy (non-hydrogen) atoms. The van der Waals surface area contributed by atoms with Crippen LogP contribution in [-0.4, -0.2) is 10.1 Å². The Morgan fingerprint density at radius 2 is 1.75 bits per heavy atom. The highest BCUT2D eigenvalue weighted by Gasteiger charge is 2.19. The van der Waals surface area contributed by atoms with E-state index in [1.807, 2.05) is 18.2 Å². The van der Waals surface area contributed by atoms with Gasteiger partial charge < -0.3 is 0 Å². The van der Waals surface area contributed by atoms with E-state index in [9.17, 15) is 4.79 Å². The molecule has 0 aliphatic carbocycles. The third-order valence-corrected chi connectivity index (χ3v) is 3.69. The highest BCUT2D eigenvalue weighted by molar-refractivity contribution is 6.67. The maximum Gasteiger partial charge on any atom is 0.252 e. The van der Waals surface area contributed by atoms with Gasteiger partial charge in [-0.05, 0) is 40.4 Å². The molecule has 104 valence electrons. The lowest BCUT2D eigenvalue weighted by atomic mass is 10.1. The van der Waals surface area contributed by atoms with E-state index >= 15 is 0 Å².